The van der Waals surface area contributed by atoms with Gasteiger partial charge in [-0.25, -0.2) is 4.79 Å². The maximum absolute atomic E-state index is 12.4. The van der Waals surface area contributed by atoms with Gasteiger partial charge >= 0.3 is 5.69 Å². The predicted octanol–water partition coefficient (Wildman–Crippen LogP) is 1.77. The second kappa shape index (κ2) is 5.69. The first-order valence-corrected chi connectivity index (χ1v) is 6.78. The Morgan fingerprint density at radius 3 is 2.43 bits per heavy atom. The van der Waals surface area contributed by atoms with Gasteiger partial charge in [0, 0.05) is 26.9 Å². The molecule has 0 aliphatic rings. The topological polar surface area (TPSA) is 53.2 Å². The molecule has 21 heavy (non-hydrogen) atoms. The maximum atomic E-state index is 12.4. The smallest absolute Gasteiger partial charge is 0.330 e. The third-order valence-corrected chi connectivity index (χ3v) is 3.96. The molecule has 0 amide bonds. The van der Waals surface area contributed by atoms with Gasteiger partial charge < -0.3 is 9.30 Å². The Morgan fingerprint density at radius 1 is 1.14 bits per heavy atom. The summed E-state index contributed by atoms with van der Waals surface area (Å²) in [6, 6.07) is 7.66. The summed E-state index contributed by atoms with van der Waals surface area (Å²) in [6.45, 7) is 3.73. The van der Waals surface area contributed by atoms with E-state index in [1.807, 2.05) is 31.2 Å². The fourth-order valence-electron chi connectivity index (χ4n) is 2.36. The zero-order chi connectivity index (χ0) is 15.7. The lowest BCUT2D eigenvalue weighted by Gasteiger charge is -2.14. The molecule has 112 valence electrons. The Morgan fingerprint density at radius 2 is 1.81 bits per heavy atom. The summed E-state index contributed by atoms with van der Waals surface area (Å²) in [5, 5.41) is 0. The minimum Gasteiger partial charge on any atom is -0.377 e. The van der Waals surface area contributed by atoms with Gasteiger partial charge in [0.1, 0.15) is 0 Å². The van der Waals surface area contributed by atoms with E-state index in [1.165, 1.54) is 11.6 Å². The normalized spacial score (nSPS) is 12.4. The van der Waals surface area contributed by atoms with Gasteiger partial charge in [-0.3, -0.25) is 9.36 Å². The summed E-state index contributed by atoms with van der Waals surface area (Å²) >= 11 is 0. The second-order valence-electron chi connectivity index (χ2n) is 5.17. The molecule has 0 radical (unpaired) electrons. The Bertz CT molecular complexity index is 787. The summed E-state index contributed by atoms with van der Waals surface area (Å²) in [4.78, 5) is 24.4. The third-order valence-electron chi connectivity index (χ3n) is 3.96. The van der Waals surface area contributed by atoms with Crippen LogP contribution in [0.4, 0.5) is 0 Å². The Hall–Kier alpha value is -2.14. The van der Waals surface area contributed by atoms with E-state index in [4.69, 9.17) is 4.74 Å². The molecular formula is C16H20N2O3. The molecule has 2 rings (SSSR count). The molecule has 5 nitrogen and oxygen atoms in total. The van der Waals surface area contributed by atoms with Crippen molar-refractivity contribution in [1.82, 2.24) is 9.13 Å². The van der Waals surface area contributed by atoms with Crippen molar-refractivity contribution in [2.24, 2.45) is 14.1 Å². The van der Waals surface area contributed by atoms with E-state index in [0.29, 0.717) is 11.3 Å². The van der Waals surface area contributed by atoms with E-state index in [2.05, 4.69) is 0 Å². The summed E-state index contributed by atoms with van der Waals surface area (Å²) in [5.41, 5.74) is 2.39. The lowest BCUT2D eigenvalue weighted by molar-refractivity contribution is 0.119. The summed E-state index contributed by atoms with van der Waals surface area (Å²) < 4.78 is 7.94. The SMILES string of the molecule is CO[C@H](C)c1cccc(-c2c(C)n(C)c(=O)n(C)c2=O)c1. The number of ether oxygens (including phenoxy) is 1. The van der Waals surface area contributed by atoms with Gasteiger partial charge in [-0.05, 0) is 31.0 Å². The van der Waals surface area contributed by atoms with E-state index in [0.717, 1.165) is 15.7 Å². The zero-order valence-corrected chi connectivity index (χ0v) is 13.0. The van der Waals surface area contributed by atoms with Crippen LogP contribution in [0.25, 0.3) is 11.1 Å². The van der Waals surface area contributed by atoms with Crippen LogP contribution < -0.4 is 11.2 Å². The molecule has 0 fully saturated rings. The van der Waals surface area contributed by atoms with Crippen LogP contribution in [0.2, 0.25) is 0 Å². The number of benzene rings is 1. The fraction of sp³-hybridized carbons (Fsp3) is 0.375. The largest absolute Gasteiger partial charge is 0.377 e. The van der Waals surface area contributed by atoms with Gasteiger partial charge in [0.25, 0.3) is 5.56 Å². The molecule has 1 aromatic heterocycles. The van der Waals surface area contributed by atoms with Crippen molar-refractivity contribution in [2.75, 3.05) is 7.11 Å². The molecule has 0 N–H and O–H groups in total. The van der Waals surface area contributed by atoms with Gasteiger partial charge in [0.15, 0.2) is 0 Å². The van der Waals surface area contributed by atoms with E-state index in [1.54, 1.807) is 21.1 Å². The van der Waals surface area contributed by atoms with Crippen LogP contribution in [0.3, 0.4) is 0 Å². The quantitative estimate of drug-likeness (QED) is 0.865. The first-order valence-electron chi connectivity index (χ1n) is 6.78. The van der Waals surface area contributed by atoms with Gasteiger partial charge in [-0.1, -0.05) is 18.2 Å². The third kappa shape index (κ3) is 2.56. The average Bonchev–Trinajstić information content (AvgIpc) is 2.50. The summed E-state index contributed by atoms with van der Waals surface area (Å²) in [5.74, 6) is 0. The summed E-state index contributed by atoms with van der Waals surface area (Å²) in [6.07, 6.45) is -0.0540. The number of aromatic nitrogens is 2. The van der Waals surface area contributed by atoms with Crippen molar-refractivity contribution < 1.29 is 4.74 Å². The Kier molecular flexibility index (Phi) is 4.14. The summed E-state index contributed by atoms with van der Waals surface area (Å²) in [7, 11) is 4.81. The first-order chi connectivity index (χ1) is 9.88. The first kappa shape index (κ1) is 15.3. The monoisotopic (exact) mass is 288 g/mol. The molecule has 0 saturated carbocycles. The molecule has 5 heteroatoms. The maximum Gasteiger partial charge on any atom is 0.330 e. The number of rotatable bonds is 3. The van der Waals surface area contributed by atoms with E-state index in [9.17, 15) is 9.59 Å². The molecular weight excluding hydrogens is 268 g/mol. The van der Waals surface area contributed by atoms with Crippen LogP contribution in [-0.2, 0) is 18.8 Å². The van der Waals surface area contributed by atoms with Crippen molar-refractivity contribution >= 4 is 0 Å². The highest BCUT2D eigenvalue weighted by Crippen LogP contribution is 2.23. The van der Waals surface area contributed by atoms with Crippen molar-refractivity contribution in [3.63, 3.8) is 0 Å². The highest BCUT2D eigenvalue weighted by Gasteiger charge is 2.15. The van der Waals surface area contributed by atoms with Gasteiger partial charge in [0.05, 0.1) is 11.7 Å². The van der Waals surface area contributed by atoms with Crippen LogP contribution in [0, 0.1) is 6.92 Å². The van der Waals surface area contributed by atoms with Gasteiger partial charge in [0.2, 0.25) is 0 Å². The molecule has 1 aromatic carbocycles. The molecule has 1 atom stereocenters. The van der Waals surface area contributed by atoms with Crippen LogP contribution in [0.1, 0.15) is 24.3 Å². The molecule has 0 aliphatic carbocycles. The number of methoxy groups -OCH3 is 1. The van der Waals surface area contributed by atoms with Crippen LogP contribution in [0.5, 0.6) is 0 Å². The van der Waals surface area contributed by atoms with Crippen molar-refractivity contribution in [1.29, 1.82) is 0 Å². The highest BCUT2D eigenvalue weighted by atomic mass is 16.5. The van der Waals surface area contributed by atoms with Crippen LogP contribution in [0.15, 0.2) is 33.9 Å². The van der Waals surface area contributed by atoms with Gasteiger partial charge in [-0.2, -0.15) is 0 Å². The second-order valence-corrected chi connectivity index (χ2v) is 5.17. The molecule has 0 saturated heterocycles. The zero-order valence-electron chi connectivity index (χ0n) is 13.0. The fourth-order valence-corrected chi connectivity index (χ4v) is 2.36. The number of hydrogen-bond acceptors (Lipinski definition) is 3. The van der Waals surface area contributed by atoms with Gasteiger partial charge in [-0.15, -0.1) is 0 Å². The highest BCUT2D eigenvalue weighted by molar-refractivity contribution is 5.65. The van der Waals surface area contributed by atoms with Crippen molar-refractivity contribution in [3.05, 3.63) is 56.4 Å². The molecule has 0 unspecified atom stereocenters. The van der Waals surface area contributed by atoms with Crippen LogP contribution >= 0.6 is 0 Å². The number of hydrogen-bond donors (Lipinski definition) is 0. The van der Waals surface area contributed by atoms with Crippen molar-refractivity contribution in [3.8, 4) is 11.1 Å². The molecule has 0 bridgehead atoms. The predicted molar refractivity (Wildman–Crippen MR) is 82.5 cm³/mol. The van der Waals surface area contributed by atoms with E-state index >= 15 is 0 Å². The molecule has 0 aliphatic heterocycles. The van der Waals surface area contributed by atoms with Crippen molar-refractivity contribution in [2.45, 2.75) is 20.0 Å². The Labute approximate surface area is 123 Å². The average molecular weight is 288 g/mol. The minimum atomic E-state index is -0.317. The lowest BCUT2D eigenvalue weighted by Crippen LogP contribution is -2.39. The molecule has 1 heterocycles. The number of nitrogens with zero attached hydrogens (tertiary/aromatic N) is 2. The molecule has 0 spiro atoms. The molecule has 2 aromatic rings. The van der Waals surface area contributed by atoms with E-state index < -0.39 is 0 Å². The standard InChI is InChI=1S/C16H20N2O3/c1-10-14(15(19)18(4)16(20)17(10)3)13-8-6-7-12(9-13)11(2)21-5/h6-9,11H,1-5H3/t11-/m1/s1. The Balaban J connectivity index is 2.74. The van der Waals surface area contributed by atoms with Crippen LogP contribution in [-0.4, -0.2) is 16.2 Å². The minimum absolute atomic E-state index is 0.0540. The van der Waals surface area contributed by atoms with E-state index in [-0.39, 0.29) is 17.4 Å². The lowest BCUT2D eigenvalue weighted by atomic mass is 10.0.